The maximum atomic E-state index is 13.4. The van der Waals surface area contributed by atoms with E-state index in [0.717, 1.165) is 31.8 Å². The SMILES string of the molecule is COc1ccc(CN2CCN(C(=O)[C@@H]3CCCN3C3=NS(=O)(=O)c4ccccc43)CC2)cc1. The number of benzene rings is 2. The molecule has 33 heavy (non-hydrogen) atoms. The van der Waals surface area contributed by atoms with Gasteiger partial charge >= 0.3 is 0 Å². The van der Waals surface area contributed by atoms with Crippen LogP contribution in [0.5, 0.6) is 5.75 Å². The van der Waals surface area contributed by atoms with Crippen LogP contribution in [0.15, 0.2) is 57.8 Å². The largest absolute Gasteiger partial charge is 0.497 e. The van der Waals surface area contributed by atoms with E-state index in [1.54, 1.807) is 25.3 Å². The second-order valence-corrected chi connectivity index (χ2v) is 10.3. The summed E-state index contributed by atoms with van der Waals surface area (Å²) in [6.07, 6.45) is 1.56. The van der Waals surface area contributed by atoms with Gasteiger partial charge in [0.1, 0.15) is 16.7 Å². The number of amidine groups is 1. The minimum atomic E-state index is -3.70. The molecule has 0 radical (unpaired) electrons. The van der Waals surface area contributed by atoms with Crippen LogP contribution in [0.3, 0.4) is 0 Å². The van der Waals surface area contributed by atoms with Gasteiger partial charge in [-0.2, -0.15) is 8.42 Å². The van der Waals surface area contributed by atoms with E-state index in [1.807, 2.05) is 28.0 Å². The molecular formula is C24H28N4O4S. The fourth-order valence-corrected chi connectivity index (χ4v) is 6.12. The van der Waals surface area contributed by atoms with Crippen molar-refractivity contribution in [2.24, 2.45) is 4.40 Å². The standard InChI is InChI=1S/C24H28N4O4S/c1-32-19-10-8-18(9-11-19)17-26-13-15-27(16-14-26)24(29)21-6-4-12-28(21)23-20-5-2-3-7-22(20)33(30,31)25-23/h2-3,5,7-11,21H,4,6,12-17H2,1H3/t21-/m0/s1. The van der Waals surface area contributed by atoms with Crippen LogP contribution < -0.4 is 4.74 Å². The molecule has 1 atom stereocenters. The van der Waals surface area contributed by atoms with E-state index in [0.29, 0.717) is 37.5 Å². The van der Waals surface area contributed by atoms with Gasteiger partial charge in [-0.25, -0.2) is 0 Å². The first-order valence-corrected chi connectivity index (χ1v) is 12.8. The van der Waals surface area contributed by atoms with E-state index >= 15 is 0 Å². The minimum Gasteiger partial charge on any atom is -0.497 e. The molecule has 0 aromatic heterocycles. The van der Waals surface area contributed by atoms with Gasteiger partial charge in [0.05, 0.1) is 7.11 Å². The normalized spacial score (nSPS) is 22.2. The van der Waals surface area contributed by atoms with Gasteiger partial charge < -0.3 is 14.5 Å². The van der Waals surface area contributed by atoms with Crippen LogP contribution in [-0.4, -0.2) is 80.7 Å². The Bertz CT molecular complexity index is 1170. The van der Waals surface area contributed by atoms with Gasteiger partial charge in [-0.3, -0.25) is 9.69 Å². The summed E-state index contributed by atoms with van der Waals surface area (Å²) in [5, 5.41) is 0. The highest BCUT2D eigenvalue weighted by atomic mass is 32.2. The van der Waals surface area contributed by atoms with Gasteiger partial charge in [0.15, 0.2) is 5.84 Å². The summed E-state index contributed by atoms with van der Waals surface area (Å²) < 4.78 is 34.3. The molecule has 3 aliphatic heterocycles. The van der Waals surface area contributed by atoms with Crippen LogP contribution in [0.25, 0.3) is 0 Å². The van der Waals surface area contributed by atoms with E-state index in [4.69, 9.17) is 4.74 Å². The first kappa shape index (κ1) is 21.9. The van der Waals surface area contributed by atoms with E-state index in [2.05, 4.69) is 21.4 Å². The van der Waals surface area contributed by atoms with Gasteiger partial charge in [0.25, 0.3) is 10.0 Å². The topological polar surface area (TPSA) is 82.5 Å². The zero-order chi connectivity index (χ0) is 23.0. The first-order valence-electron chi connectivity index (χ1n) is 11.3. The van der Waals surface area contributed by atoms with Crippen LogP contribution in [-0.2, 0) is 21.4 Å². The lowest BCUT2D eigenvalue weighted by Crippen LogP contribution is -2.54. The number of hydrogen-bond donors (Lipinski definition) is 0. The number of likely N-dealkylation sites (tertiary alicyclic amines) is 1. The van der Waals surface area contributed by atoms with E-state index < -0.39 is 10.0 Å². The maximum Gasteiger partial charge on any atom is 0.285 e. The summed E-state index contributed by atoms with van der Waals surface area (Å²) in [5.74, 6) is 1.33. The van der Waals surface area contributed by atoms with Crippen LogP contribution in [0, 0.1) is 0 Å². The monoisotopic (exact) mass is 468 g/mol. The van der Waals surface area contributed by atoms with Gasteiger partial charge in [0, 0.05) is 44.8 Å². The number of sulfonamides is 1. The number of nitrogens with zero attached hydrogens (tertiary/aromatic N) is 4. The van der Waals surface area contributed by atoms with Crippen molar-refractivity contribution in [2.45, 2.75) is 30.3 Å². The minimum absolute atomic E-state index is 0.0704. The fraction of sp³-hybridized carbons (Fsp3) is 0.417. The lowest BCUT2D eigenvalue weighted by Gasteiger charge is -2.37. The van der Waals surface area contributed by atoms with Crippen molar-refractivity contribution in [3.63, 3.8) is 0 Å². The number of carbonyl (C=O) groups is 1. The number of ether oxygens (including phenoxy) is 1. The Kier molecular flexibility index (Phi) is 5.84. The molecule has 1 amide bonds. The number of fused-ring (bicyclic) bond motifs is 1. The predicted octanol–water partition coefficient (Wildman–Crippen LogP) is 1.95. The fourth-order valence-electron chi connectivity index (χ4n) is 4.90. The molecule has 2 saturated heterocycles. The predicted molar refractivity (Wildman–Crippen MR) is 125 cm³/mol. The Hall–Kier alpha value is -2.91. The molecule has 3 heterocycles. The lowest BCUT2D eigenvalue weighted by molar-refractivity contribution is -0.136. The highest BCUT2D eigenvalue weighted by molar-refractivity contribution is 7.90. The summed E-state index contributed by atoms with van der Waals surface area (Å²) in [6, 6.07) is 14.6. The summed E-state index contributed by atoms with van der Waals surface area (Å²) in [7, 11) is -2.04. The molecule has 2 aromatic rings. The zero-order valence-electron chi connectivity index (χ0n) is 18.7. The number of hydrogen-bond acceptors (Lipinski definition) is 6. The molecule has 2 fully saturated rings. The van der Waals surface area contributed by atoms with Crippen molar-refractivity contribution >= 4 is 21.8 Å². The molecule has 8 nitrogen and oxygen atoms in total. The summed E-state index contributed by atoms with van der Waals surface area (Å²) in [4.78, 5) is 19.8. The van der Waals surface area contributed by atoms with Crippen molar-refractivity contribution in [3.8, 4) is 5.75 Å². The van der Waals surface area contributed by atoms with Crippen molar-refractivity contribution in [3.05, 3.63) is 59.7 Å². The highest BCUT2D eigenvalue weighted by Gasteiger charge is 2.40. The molecule has 0 saturated carbocycles. The van der Waals surface area contributed by atoms with Crippen molar-refractivity contribution in [2.75, 3.05) is 39.8 Å². The molecular weight excluding hydrogens is 440 g/mol. The van der Waals surface area contributed by atoms with Crippen molar-refractivity contribution in [1.82, 2.24) is 14.7 Å². The molecule has 174 valence electrons. The molecule has 0 spiro atoms. The second kappa shape index (κ2) is 8.79. The molecule has 9 heteroatoms. The van der Waals surface area contributed by atoms with E-state index in [-0.39, 0.29) is 16.8 Å². The van der Waals surface area contributed by atoms with Crippen LogP contribution in [0.4, 0.5) is 0 Å². The number of carbonyl (C=O) groups excluding carboxylic acids is 1. The van der Waals surface area contributed by atoms with Crippen molar-refractivity contribution in [1.29, 1.82) is 0 Å². The summed E-state index contributed by atoms with van der Waals surface area (Å²) >= 11 is 0. The third-order valence-corrected chi connectivity index (χ3v) is 8.00. The quantitative estimate of drug-likeness (QED) is 0.682. The number of amides is 1. The average Bonchev–Trinajstić information content (AvgIpc) is 3.42. The Morgan fingerprint density at radius 2 is 1.76 bits per heavy atom. The molecule has 0 N–H and O–H groups in total. The van der Waals surface area contributed by atoms with Gasteiger partial charge in [0.2, 0.25) is 5.91 Å². The molecule has 5 rings (SSSR count). The lowest BCUT2D eigenvalue weighted by atomic mass is 10.1. The number of rotatable bonds is 4. The average molecular weight is 469 g/mol. The van der Waals surface area contributed by atoms with Crippen molar-refractivity contribution < 1.29 is 17.9 Å². The Balaban J connectivity index is 1.24. The van der Waals surface area contributed by atoms with Crippen LogP contribution in [0.1, 0.15) is 24.0 Å². The van der Waals surface area contributed by atoms with Gasteiger partial charge in [-0.05, 0) is 42.7 Å². The Morgan fingerprint density at radius 3 is 2.48 bits per heavy atom. The molecule has 0 unspecified atom stereocenters. The van der Waals surface area contributed by atoms with E-state index in [9.17, 15) is 13.2 Å². The third-order valence-electron chi connectivity index (χ3n) is 6.67. The first-order chi connectivity index (χ1) is 16.0. The highest BCUT2D eigenvalue weighted by Crippen LogP contribution is 2.31. The number of methoxy groups -OCH3 is 1. The van der Waals surface area contributed by atoms with Crippen LogP contribution >= 0.6 is 0 Å². The third kappa shape index (κ3) is 4.22. The maximum absolute atomic E-state index is 13.4. The second-order valence-electron chi connectivity index (χ2n) is 8.69. The summed E-state index contributed by atoms with van der Waals surface area (Å²) in [6.45, 7) is 4.43. The summed E-state index contributed by atoms with van der Waals surface area (Å²) in [5.41, 5.74) is 1.82. The number of piperazine rings is 1. The van der Waals surface area contributed by atoms with Gasteiger partial charge in [-0.15, -0.1) is 4.40 Å². The molecule has 3 aliphatic rings. The zero-order valence-corrected chi connectivity index (χ0v) is 19.5. The molecule has 2 aromatic carbocycles. The Morgan fingerprint density at radius 1 is 1.03 bits per heavy atom. The van der Waals surface area contributed by atoms with Crippen LogP contribution in [0.2, 0.25) is 0 Å². The molecule has 0 aliphatic carbocycles. The Labute approximate surface area is 194 Å². The smallest absolute Gasteiger partial charge is 0.285 e. The van der Waals surface area contributed by atoms with E-state index in [1.165, 1.54) is 5.56 Å². The molecule has 0 bridgehead atoms. The van der Waals surface area contributed by atoms with Gasteiger partial charge in [-0.1, -0.05) is 24.3 Å².